The number of nitrogens with one attached hydrogen (secondary N) is 1. The predicted molar refractivity (Wildman–Crippen MR) is 99.7 cm³/mol. The largest absolute Gasteiger partial charge is 0.381 e. The molecule has 0 aliphatic carbocycles. The molecule has 6 heteroatoms. The number of anilines is 1. The van der Waals surface area contributed by atoms with E-state index in [0.29, 0.717) is 12.0 Å². The summed E-state index contributed by atoms with van der Waals surface area (Å²) < 4.78 is 15.4. The lowest BCUT2D eigenvalue weighted by atomic mass is 10.0. The first kappa shape index (κ1) is 16.7. The van der Waals surface area contributed by atoms with Crippen molar-refractivity contribution in [3.63, 3.8) is 0 Å². The van der Waals surface area contributed by atoms with Gasteiger partial charge in [-0.2, -0.15) is 0 Å². The third-order valence-corrected chi connectivity index (χ3v) is 4.69. The molecule has 3 heterocycles. The van der Waals surface area contributed by atoms with Crippen LogP contribution in [0.15, 0.2) is 61.1 Å². The van der Waals surface area contributed by atoms with E-state index in [9.17, 15) is 4.39 Å². The number of nitrogens with zero attached hydrogens (tertiary/aromatic N) is 4. The second-order valence-electron chi connectivity index (χ2n) is 6.65. The Kier molecular flexibility index (Phi) is 4.93. The zero-order chi connectivity index (χ0) is 17.8. The Hall–Kier alpha value is -2.73. The molecule has 1 fully saturated rings. The van der Waals surface area contributed by atoms with E-state index in [1.807, 2.05) is 29.0 Å². The standard InChI is InChI=1S/C20H22FN5/c21-16-5-1-6-17(13-16)24-18-7-2-11-25(14-18)15-19-8-3-12-26(19)20-22-9-4-10-23-20/h1,3-6,8-10,12-13,18,24H,2,7,11,14-15H2/t18-/m1/s1. The van der Waals surface area contributed by atoms with Crippen molar-refractivity contribution in [3.05, 3.63) is 72.6 Å². The van der Waals surface area contributed by atoms with Gasteiger partial charge in [-0.3, -0.25) is 9.47 Å². The third-order valence-electron chi connectivity index (χ3n) is 4.69. The van der Waals surface area contributed by atoms with Crippen molar-refractivity contribution < 1.29 is 4.39 Å². The van der Waals surface area contributed by atoms with Gasteiger partial charge in [0.05, 0.1) is 0 Å². The van der Waals surface area contributed by atoms with Gasteiger partial charge in [0.15, 0.2) is 0 Å². The van der Waals surface area contributed by atoms with Crippen LogP contribution < -0.4 is 5.32 Å². The quantitative estimate of drug-likeness (QED) is 0.764. The van der Waals surface area contributed by atoms with Crippen molar-refractivity contribution in [2.45, 2.75) is 25.4 Å². The molecule has 1 aromatic carbocycles. The highest BCUT2D eigenvalue weighted by molar-refractivity contribution is 5.44. The van der Waals surface area contributed by atoms with Crippen molar-refractivity contribution >= 4 is 5.69 Å². The summed E-state index contributed by atoms with van der Waals surface area (Å²) in [5.41, 5.74) is 2.01. The average molecular weight is 351 g/mol. The van der Waals surface area contributed by atoms with Gasteiger partial charge in [-0.1, -0.05) is 6.07 Å². The van der Waals surface area contributed by atoms with Gasteiger partial charge in [0.2, 0.25) is 5.95 Å². The molecule has 1 aliphatic rings. The molecule has 0 bridgehead atoms. The number of likely N-dealkylation sites (tertiary alicyclic amines) is 1. The molecule has 0 spiro atoms. The normalized spacial score (nSPS) is 18.0. The topological polar surface area (TPSA) is 46.0 Å². The number of halogens is 1. The molecule has 5 nitrogen and oxygen atoms in total. The van der Waals surface area contributed by atoms with Crippen LogP contribution in [0.1, 0.15) is 18.5 Å². The van der Waals surface area contributed by atoms with E-state index in [1.165, 1.54) is 11.8 Å². The maximum absolute atomic E-state index is 13.4. The molecule has 1 atom stereocenters. The van der Waals surface area contributed by atoms with Crippen LogP contribution in [0.4, 0.5) is 10.1 Å². The van der Waals surface area contributed by atoms with Crippen LogP contribution >= 0.6 is 0 Å². The molecule has 134 valence electrons. The maximum atomic E-state index is 13.4. The van der Waals surface area contributed by atoms with Gasteiger partial charge < -0.3 is 5.32 Å². The third kappa shape index (κ3) is 3.91. The summed E-state index contributed by atoms with van der Waals surface area (Å²) >= 11 is 0. The van der Waals surface area contributed by atoms with Crippen LogP contribution in [0.25, 0.3) is 5.95 Å². The van der Waals surface area contributed by atoms with Crippen LogP contribution in [0.3, 0.4) is 0 Å². The zero-order valence-electron chi connectivity index (χ0n) is 14.6. The van der Waals surface area contributed by atoms with E-state index in [0.717, 1.165) is 38.2 Å². The van der Waals surface area contributed by atoms with Crippen molar-refractivity contribution in [3.8, 4) is 5.95 Å². The summed E-state index contributed by atoms with van der Waals surface area (Å²) in [6, 6.07) is 13.0. The fourth-order valence-corrected chi connectivity index (χ4v) is 3.52. The number of piperidine rings is 1. The van der Waals surface area contributed by atoms with Crippen molar-refractivity contribution in [2.75, 3.05) is 18.4 Å². The molecule has 0 unspecified atom stereocenters. The number of aromatic nitrogens is 3. The Morgan fingerprint density at radius 3 is 2.85 bits per heavy atom. The highest BCUT2D eigenvalue weighted by Crippen LogP contribution is 2.19. The molecule has 0 radical (unpaired) electrons. The molecule has 4 rings (SSSR count). The summed E-state index contributed by atoms with van der Waals surface area (Å²) in [5, 5.41) is 3.46. The van der Waals surface area contributed by atoms with Gasteiger partial charge in [-0.15, -0.1) is 0 Å². The lowest BCUT2D eigenvalue weighted by Crippen LogP contribution is -2.41. The summed E-state index contributed by atoms with van der Waals surface area (Å²) in [6.07, 6.45) is 7.72. The number of hydrogen-bond acceptors (Lipinski definition) is 4. The van der Waals surface area contributed by atoms with E-state index < -0.39 is 0 Å². The first-order valence-corrected chi connectivity index (χ1v) is 8.96. The van der Waals surface area contributed by atoms with Crippen LogP contribution in [0, 0.1) is 5.82 Å². The molecule has 26 heavy (non-hydrogen) atoms. The van der Waals surface area contributed by atoms with Crippen LogP contribution in [-0.4, -0.2) is 38.6 Å². The second-order valence-corrected chi connectivity index (χ2v) is 6.65. The lowest BCUT2D eigenvalue weighted by molar-refractivity contribution is 0.205. The molecule has 0 amide bonds. The number of hydrogen-bond donors (Lipinski definition) is 1. The van der Waals surface area contributed by atoms with Crippen LogP contribution in [0.5, 0.6) is 0 Å². The zero-order valence-corrected chi connectivity index (χ0v) is 14.6. The molecule has 2 aromatic heterocycles. The van der Waals surface area contributed by atoms with Gasteiger partial charge in [-0.05, 0) is 55.8 Å². The van der Waals surface area contributed by atoms with Crippen LogP contribution in [0.2, 0.25) is 0 Å². The van der Waals surface area contributed by atoms with Gasteiger partial charge in [-0.25, -0.2) is 14.4 Å². The van der Waals surface area contributed by atoms with E-state index >= 15 is 0 Å². The first-order valence-electron chi connectivity index (χ1n) is 8.96. The predicted octanol–water partition coefficient (Wildman–Crippen LogP) is 3.48. The van der Waals surface area contributed by atoms with E-state index in [4.69, 9.17) is 0 Å². The van der Waals surface area contributed by atoms with Gasteiger partial charge in [0.1, 0.15) is 5.82 Å². The Balaban J connectivity index is 1.42. The van der Waals surface area contributed by atoms with E-state index in [2.05, 4.69) is 26.3 Å². The average Bonchev–Trinajstić information content (AvgIpc) is 3.11. The first-order chi connectivity index (χ1) is 12.8. The molecule has 0 saturated carbocycles. The lowest BCUT2D eigenvalue weighted by Gasteiger charge is -2.33. The summed E-state index contributed by atoms with van der Waals surface area (Å²) in [4.78, 5) is 11.1. The minimum absolute atomic E-state index is 0.205. The Morgan fingerprint density at radius 2 is 2.00 bits per heavy atom. The van der Waals surface area contributed by atoms with Gasteiger partial charge in [0, 0.05) is 49.1 Å². The van der Waals surface area contributed by atoms with Crippen LogP contribution in [-0.2, 0) is 6.54 Å². The number of benzene rings is 1. The highest BCUT2D eigenvalue weighted by atomic mass is 19.1. The Labute approximate surface area is 152 Å². The molecule has 1 saturated heterocycles. The highest BCUT2D eigenvalue weighted by Gasteiger charge is 2.21. The minimum atomic E-state index is -0.205. The van der Waals surface area contributed by atoms with Crippen molar-refractivity contribution in [1.82, 2.24) is 19.4 Å². The molecular weight excluding hydrogens is 329 g/mol. The van der Waals surface area contributed by atoms with Gasteiger partial charge in [0.25, 0.3) is 0 Å². The maximum Gasteiger partial charge on any atom is 0.233 e. The molecule has 3 aromatic rings. The van der Waals surface area contributed by atoms with E-state index in [-0.39, 0.29) is 5.82 Å². The Morgan fingerprint density at radius 1 is 1.12 bits per heavy atom. The smallest absolute Gasteiger partial charge is 0.233 e. The summed E-state index contributed by atoms with van der Waals surface area (Å²) in [7, 11) is 0. The fraction of sp³-hybridized carbons (Fsp3) is 0.300. The Bertz CT molecular complexity index is 848. The molecule has 1 aliphatic heterocycles. The SMILES string of the molecule is Fc1cccc(N[C@@H]2CCCN(Cc3cccn3-c3ncccn3)C2)c1. The minimum Gasteiger partial charge on any atom is -0.381 e. The summed E-state index contributed by atoms with van der Waals surface area (Å²) in [6.45, 7) is 2.83. The van der Waals surface area contributed by atoms with E-state index in [1.54, 1.807) is 24.5 Å². The van der Waals surface area contributed by atoms with Gasteiger partial charge >= 0.3 is 0 Å². The molecule has 1 N–H and O–H groups in total. The summed E-state index contributed by atoms with van der Waals surface area (Å²) in [5.74, 6) is 0.488. The second kappa shape index (κ2) is 7.66. The van der Waals surface area contributed by atoms with Crippen molar-refractivity contribution in [1.29, 1.82) is 0 Å². The molecular formula is C20H22FN5. The monoisotopic (exact) mass is 351 g/mol. The fourth-order valence-electron chi connectivity index (χ4n) is 3.52. The number of rotatable bonds is 5. The van der Waals surface area contributed by atoms with Crippen molar-refractivity contribution in [2.24, 2.45) is 0 Å².